The molecule has 0 unspecified atom stereocenters. The number of nitrogens with one attached hydrogen (secondary N) is 1. The van der Waals surface area contributed by atoms with E-state index in [0.717, 1.165) is 47.6 Å². The van der Waals surface area contributed by atoms with Gasteiger partial charge in [-0.05, 0) is 36.2 Å². The number of rotatable bonds is 5. The van der Waals surface area contributed by atoms with Gasteiger partial charge in [-0.1, -0.05) is 18.2 Å². The fraction of sp³-hybridized carbons (Fsp3) is 0.350. The van der Waals surface area contributed by atoms with Crippen molar-refractivity contribution in [2.75, 3.05) is 32.1 Å². The van der Waals surface area contributed by atoms with E-state index in [4.69, 9.17) is 0 Å². The Bertz CT molecular complexity index is 838. The van der Waals surface area contributed by atoms with Crippen LogP contribution in [0, 0.1) is 0 Å². The van der Waals surface area contributed by atoms with Crippen LogP contribution in [0.3, 0.4) is 0 Å². The number of alkyl halides is 3. The van der Waals surface area contributed by atoms with Crippen molar-refractivity contribution < 1.29 is 13.2 Å². The van der Waals surface area contributed by atoms with E-state index in [2.05, 4.69) is 16.4 Å². The summed E-state index contributed by atoms with van der Waals surface area (Å²) in [4.78, 5) is 7.58. The predicted octanol–water partition coefficient (Wildman–Crippen LogP) is 5.23. The van der Waals surface area contributed by atoms with Gasteiger partial charge in [0.2, 0.25) is 0 Å². The molecule has 1 heterocycles. The Morgan fingerprint density at radius 2 is 1.93 bits per heavy atom. The van der Waals surface area contributed by atoms with Crippen LogP contribution < -0.4 is 10.2 Å². The van der Waals surface area contributed by atoms with Crippen LogP contribution in [0.2, 0.25) is 0 Å². The lowest BCUT2D eigenvalue weighted by molar-refractivity contribution is -0.137. The molecule has 0 amide bonds. The van der Waals surface area contributed by atoms with Crippen LogP contribution in [-0.4, -0.2) is 33.0 Å². The summed E-state index contributed by atoms with van der Waals surface area (Å²) >= 11 is 1.53. The monoisotopic (exact) mass is 429 g/mol. The molecular weight excluding hydrogens is 407 g/mol. The van der Waals surface area contributed by atoms with Crippen molar-refractivity contribution in [1.29, 1.82) is 0 Å². The van der Waals surface area contributed by atoms with E-state index in [0.29, 0.717) is 11.3 Å². The lowest BCUT2D eigenvalue weighted by Gasteiger charge is -2.20. The molecule has 2 aromatic rings. The van der Waals surface area contributed by atoms with Gasteiger partial charge in [0.15, 0.2) is 0 Å². The van der Waals surface area contributed by atoms with Gasteiger partial charge >= 0.3 is 6.18 Å². The topological polar surface area (TPSA) is 27.6 Å². The molecule has 0 radical (unpaired) electrons. The zero-order valence-corrected chi connectivity index (χ0v) is 17.3. The third-order valence-corrected chi connectivity index (χ3v) is 5.41. The number of halogens is 4. The SMILES string of the molecule is CN(C)c1ccc(C2=NCCCN2)c(SCc2cccc(C(F)(F)F)c2)c1.Cl. The number of thioether (sulfide) groups is 1. The molecule has 8 heteroatoms. The Hall–Kier alpha value is -1.86. The summed E-state index contributed by atoms with van der Waals surface area (Å²) in [5.41, 5.74) is 2.08. The highest BCUT2D eigenvalue weighted by Crippen LogP contribution is 2.33. The highest BCUT2D eigenvalue weighted by atomic mass is 35.5. The fourth-order valence-electron chi connectivity index (χ4n) is 2.82. The Balaban J connectivity index is 0.00000280. The zero-order valence-electron chi connectivity index (χ0n) is 15.7. The van der Waals surface area contributed by atoms with Crippen LogP contribution in [0.15, 0.2) is 52.4 Å². The minimum atomic E-state index is -4.32. The van der Waals surface area contributed by atoms with E-state index in [1.54, 1.807) is 6.07 Å². The molecule has 1 aliphatic rings. The summed E-state index contributed by atoms with van der Waals surface area (Å²) in [5.74, 6) is 1.32. The molecule has 0 atom stereocenters. The van der Waals surface area contributed by atoms with Gasteiger partial charge in [0.1, 0.15) is 5.84 Å². The van der Waals surface area contributed by atoms with Gasteiger partial charge in [-0.15, -0.1) is 24.2 Å². The van der Waals surface area contributed by atoms with E-state index in [9.17, 15) is 13.2 Å². The summed E-state index contributed by atoms with van der Waals surface area (Å²) in [6.45, 7) is 1.67. The summed E-state index contributed by atoms with van der Waals surface area (Å²) in [7, 11) is 3.93. The van der Waals surface area contributed by atoms with Crippen molar-refractivity contribution in [1.82, 2.24) is 5.32 Å². The molecule has 0 saturated carbocycles. The molecule has 2 aromatic carbocycles. The van der Waals surface area contributed by atoms with Crippen LogP contribution in [0.5, 0.6) is 0 Å². The smallest absolute Gasteiger partial charge is 0.378 e. The number of amidine groups is 1. The average Bonchev–Trinajstić information content (AvgIpc) is 2.66. The molecule has 3 nitrogen and oxygen atoms in total. The third-order valence-electron chi connectivity index (χ3n) is 4.28. The Morgan fingerprint density at radius 3 is 2.57 bits per heavy atom. The highest BCUT2D eigenvalue weighted by molar-refractivity contribution is 7.98. The molecule has 0 aliphatic carbocycles. The Kier molecular flexibility index (Phi) is 7.66. The maximum absolute atomic E-state index is 12.9. The first-order chi connectivity index (χ1) is 12.8. The maximum atomic E-state index is 12.9. The molecule has 152 valence electrons. The van der Waals surface area contributed by atoms with Crippen molar-refractivity contribution in [3.05, 3.63) is 59.2 Å². The zero-order chi connectivity index (χ0) is 19.4. The van der Waals surface area contributed by atoms with Gasteiger partial charge in [-0.3, -0.25) is 4.99 Å². The fourth-order valence-corrected chi connectivity index (χ4v) is 3.84. The van der Waals surface area contributed by atoms with Crippen molar-refractivity contribution in [3.8, 4) is 0 Å². The summed E-state index contributed by atoms with van der Waals surface area (Å²) in [5, 5.41) is 3.33. The van der Waals surface area contributed by atoms with E-state index in [-0.39, 0.29) is 12.4 Å². The summed E-state index contributed by atoms with van der Waals surface area (Å²) in [6.07, 6.45) is -3.32. The first kappa shape index (κ1) is 22.4. The number of nitrogens with zero attached hydrogens (tertiary/aromatic N) is 2. The molecule has 3 rings (SSSR count). The number of anilines is 1. The second kappa shape index (κ2) is 9.56. The molecule has 28 heavy (non-hydrogen) atoms. The van der Waals surface area contributed by atoms with Crippen molar-refractivity contribution in [2.24, 2.45) is 4.99 Å². The summed E-state index contributed by atoms with van der Waals surface area (Å²) < 4.78 is 38.8. The van der Waals surface area contributed by atoms with Crippen LogP contribution in [0.25, 0.3) is 0 Å². The van der Waals surface area contributed by atoms with Crippen LogP contribution in [-0.2, 0) is 11.9 Å². The van der Waals surface area contributed by atoms with Crippen LogP contribution in [0.1, 0.15) is 23.1 Å². The van der Waals surface area contributed by atoms with Crippen molar-refractivity contribution >= 4 is 35.7 Å². The second-order valence-corrected chi connectivity index (χ2v) is 7.59. The quantitative estimate of drug-likeness (QED) is 0.660. The van der Waals surface area contributed by atoms with Crippen molar-refractivity contribution in [3.63, 3.8) is 0 Å². The van der Waals surface area contributed by atoms with Crippen molar-refractivity contribution in [2.45, 2.75) is 23.2 Å². The van der Waals surface area contributed by atoms with Gasteiger partial charge in [-0.2, -0.15) is 13.2 Å². The van der Waals surface area contributed by atoms with E-state index in [1.807, 2.05) is 31.1 Å². The molecular formula is C20H23ClF3N3S. The number of aliphatic imine (C=N–C) groups is 1. The first-order valence-electron chi connectivity index (χ1n) is 8.73. The van der Waals surface area contributed by atoms with E-state index in [1.165, 1.54) is 23.9 Å². The Labute approximate surface area is 173 Å². The van der Waals surface area contributed by atoms with Crippen LogP contribution >= 0.6 is 24.2 Å². The van der Waals surface area contributed by atoms with Gasteiger partial charge < -0.3 is 10.2 Å². The molecule has 0 saturated heterocycles. The van der Waals surface area contributed by atoms with Gasteiger partial charge in [0, 0.05) is 49.1 Å². The van der Waals surface area contributed by atoms with Crippen LogP contribution in [0.4, 0.5) is 18.9 Å². The first-order valence-corrected chi connectivity index (χ1v) is 9.72. The van der Waals surface area contributed by atoms with Gasteiger partial charge in [0.25, 0.3) is 0 Å². The predicted molar refractivity (Wildman–Crippen MR) is 113 cm³/mol. The van der Waals surface area contributed by atoms with E-state index >= 15 is 0 Å². The lowest BCUT2D eigenvalue weighted by Crippen LogP contribution is -2.30. The highest BCUT2D eigenvalue weighted by Gasteiger charge is 2.30. The minimum Gasteiger partial charge on any atom is -0.378 e. The number of hydrogen-bond donors (Lipinski definition) is 1. The lowest BCUT2D eigenvalue weighted by atomic mass is 10.1. The number of benzene rings is 2. The average molecular weight is 430 g/mol. The minimum absolute atomic E-state index is 0. The largest absolute Gasteiger partial charge is 0.416 e. The van der Waals surface area contributed by atoms with Gasteiger partial charge in [-0.25, -0.2) is 0 Å². The normalized spacial score (nSPS) is 14.0. The van der Waals surface area contributed by atoms with E-state index < -0.39 is 11.7 Å². The molecule has 0 aromatic heterocycles. The summed E-state index contributed by atoms with van der Waals surface area (Å²) in [6, 6.07) is 11.6. The molecule has 1 N–H and O–H groups in total. The molecule has 0 spiro atoms. The Morgan fingerprint density at radius 1 is 1.14 bits per heavy atom. The maximum Gasteiger partial charge on any atom is 0.416 e. The standard InChI is InChI=1S/C20H22F3N3S.ClH/c1-26(2)16-7-8-17(19-24-9-4-10-25-19)18(12-16)27-13-14-5-3-6-15(11-14)20(21,22)23;/h3,5-8,11-12H,4,9-10,13H2,1-2H3,(H,24,25);1H. The molecule has 1 aliphatic heterocycles. The molecule has 0 bridgehead atoms. The number of hydrogen-bond acceptors (Lipinski definition) is 4. The molecule has 0 fully saturated rings. The van der Waals surface area contributed by atoms with Gasteiger partial charge in [0.05, 0.1) is 5.56 Å². The third kappa shape index (κ3) is 5.58. The second-order valence-electron chi connectivity index (χ2n) is 6.57.